The number of benzene rings is 1. The van der Waals surface area contributed by atoms with Crippen molar-refractivity contribution in [2.45, 2.75) is 32.2 Å². The molecule has 2 aliphatic rings. The van der Waals surface area contributed by atoms with E-state index in [1.54, 1.807) is 6.07 Å². The van der Waals surface area contributed by atoms with Crippen molar-refractivity contribution in [3.63, 3.8) is 0 Å². The molecular weight excluding hydrogens is 453 g/mol. The Hall–Kier alpha value is -2.00. The summed E-state index contributed by atoms with van der Waals surface area (Å²) in [4.78, 5) is 30.6. The molecule has 0 radical (unpaired) electrons. The summed E-state index contributed by atoms with van der Waals surface area (Å²) in [5, 5.41) is 4.01. The van der Waals surface area contributed by atoms with Gasteiger partial charge in [0.15, 0.2) is 0 Å². The molecule has 6 nitrogen and oxygen atoms in total. The lowest BCUT2D eigenvalue weighted by atomic mass is 9.95. The normalized spacial score (nSPS) is 17.1. The zero-order chi connectivity index (χ0) is 22.7. The fourth-order valence-corrected chi connectivity index (χ4v) is 5.86. The summed E-state index contributed by atoms with van der Waals surface area (Å²) in [6.07, 6.45) is 3.95. The minimum Gasteiger partial charge on any atom is -0.465 e. The molecular formula is C23H27ClFN3O3S. The summed E-state index contributed by atoms with van der Waals surface area (Å²) in [5.41, 5.74) is 2.47. The maximum atomic E-state index is 13.2. The molecule has 32 heavy (non-hydrogen) atoms. The van der Waals surface area contributed by atoms with E-state index in [1.165, 1.54) is 35.5 Å². The molecule has 172 valence electrons. The average Bonchev–Trinajstić information content (AvgIpc) is 3.14. The van der Waals surface area contributed by atoms with E-state index in [0.717, 1.165) is 63.0 Å². The Labute approximate surface area is 196 Å². The van der Waals surface area contributed by atoms with Crippen molar-refractivity contribution < 1.29 is 18.7 Å². The lowest BCUT2D eigenvalue weighted by molar-refractivity contribution is -0.117. The smallest absolute Gasteiger partial charge is 0.341 e. The van der Waals surface area contributed by atoms with Gasteiger partial charge >= 0.3 is 5.97 Å². The number of fused-ring (bicyclic) bond motifs is 1. The molecule has 0 bridgehead atoms. The van der Waals surface area contributed by atoms with Gasteiger partial charge < -0.3 is 10.1 Å². The SMILES string of the molecule is COC(=O)c1c(NC(=O)CN2CCN(Cc3ccc(F)cc3Cl)CC2)sc2c1CCCC2. The van der Waals surface area contributed by atoms with Gasteiger partial charge in [0.2, 0.25) is 5.91 Å². The van der Waals surface area contributed by atoms with Crippen LogP contribution in [0.1, 0.15) is 39.2 Å². The van der Waals surface area contributed by atoms with Gasteiger partial charge in [-0.05, 0) is 48.9 Å². The topological polar surface area (TPSA) is 61.9 Å². The van der Waals surface area contributed by atoms with Crippen molar-refractivity contribution in [3.05, 3.63) is 50.6 Å². The third kappa shape index (κ3) is 5.31. The molecule has 1 fully saturated rings. The summed E-state index contributed by atoms with van der Waals surface area (Å²) in [7, 11) is 1.37. The Morgan fingerprint density at radius 1 is 1.16 bits per heavy atom. The van der Waals surface area contributed by atoms with Crippen molar-refractivity contribution in [2.75, 3.05) is 45.2 Å². The van der Waals surface area contributed by atoms with Crippen molar-refractivity contribution in [3.8, 4) is 0 Å². The molecule has 2 aromatic rings. The fraction of sp³-hybridized carbons (Fsp3) is 0.478. The number of nitrogens with zero attached hydrogens (tertiary/aromatic N) is 2. The molecule has 1 aromatic carbocycles. The number of methoxy groups -OCH3 is 1. The molecule has 0 spiro atoms. The highest BCUT2D eigenvalue weighted by molar-refractivity contribution is 7.17. The number of ether oxygens (including phenoxy) is 1. The molecule has 9 heteroatoms. The number of halogens is 2. The molecule has 1 N–H and O–H groups in total. The summed E-state index contributed by atoms with van der Waals surface area (Å²) < 4.78 is 18.2. The third-order valence-corrected chi connectivity index (χ3v) is 7.61. The maximum Gasteiger partial charge on any atom is 0.341 e. The fourth-order valence-electron chi connectivity index (χ4n) is 4.34. The predicted molar refractivity (Wildman–Crippen MR) is 124 cm³/mol. The van der Waals surface area contributed by atoms with Gasteiger partial charge in [-0.25, -0.2) is 9.18 Å². The first-order valence-corrected chi connectivity index (χ1v) is 12.1. The van der Waals surface area contributed by atoms with Crippen LogP contribution in [0.3, 0.4) is 0 Å². The van der Waals surface area contributed by atoms with E-state index >= 15 is 0 Å². The van der Waals surface area contributed by atoms with Crippen molar-refractivity contribution in [2.24, 2.45) is 0 Å². The second kappa shape index (κ2) is 10.3. The molecule has 1 aliphatic heterocycles. The van der Waals surface area contributed by atoms with Crippen LogP contribution in [0.2, 0.25) is 5.02 Å². The Morgan fingerprint density at radius 3 is 2.59 bits per heavy atom. The number of esters is 1. The zero-order valence-corrected chi connectivity index (χ0v) is 19.7. The average molecular weight is 480 g/mol. The van der Waals surface area contributed by atoms with Crippen molar-refractivity contribution >= 4 is 39.8 Å². The molecule has 0 saturated carbocycles. The van der Waals surface area contributed by atoms with Crippen LogP contribution < -0.4 is 5.32 Å². The standard InChI is InChI=1S/C23H27ClFN3O3S/c1-31-23(30)21-17-4-2-3-5-19(17)32-22(21)26-20(29)14-28-10-8-27(9-11-28)13-15-6-7-16(25)12-18(15)24/h6-7,12H,2-5,8-11,13-14H2,1H3,(H,26,29). The second-order valence-electron chi connectivity index (χ2n) is 8.24. The Morgan fingerprint density at radius 2 is 1.88 bits per heavy atom. The quantitative estimate of drug-likeness (QED) is 0.635. The van der Waals surface area contributed by atoms with Gasteiger partial charge in [0.25, 0.3) is 0 Å². The monoisotopic (exact) mass is 479 g/mol. The number of hydrogen-bond acceptors (Lipinski definition) is 6. The van der Waals surface area contributed by atoms with Crippen molar-refractivity contribution in [1.82, 2.24) is 9.80 Å². The molecule has 0 unspecified atom stereocenters. The molecule has 0 atom stereocenters. The Bertz CT molecular complexity index is 1000. The molecule has 4 rings (SSSR count). The first-order valence-electron chi connectivity index (χ1n) is 10.9. The van der Waals surface area contributed by atoms with Gasteiger partial charge in [0.05, 0.1) is 19.2 Å². The van der Waals surface area contributed by atoms with Gasteiger partial charge in [-0.3, -0.25) is 14.6 Å². The van der Waals surface area contributed by atoms with E-state index in [0.29, 0.717) is 22.1 Å². The first-order chi connectivity index (χ1) is 15.4. The lowest BCUT2D eigenvalue weighted by Gasteiger charge is -2.34. The summed E-state index contributed by atoms with van der Waals surface area (Å²) in [6.45, 7) is 4.01. The zero-order valence-electron chi connectivity index (χ0n) is 18.1. The molecule has 1 saturated heterocycles. The van der Waals surface area contributed by atoms with E-state index in [2.05, 4.69) is 15.1 Å². The number of thiophene rings is 1. The van der Waals surface area contributed by atoms with E-state index in [9.17, 15) is 14.0 Å². The van der Waals surface area contributed by atoms with Crippen LogP contribution >= 0.6 is 22.9 Å². The number of nitrogens with one attached hydrogen (secondary N) is 1. The third-order valence-electron chi connectivity index (χ3n) is 6.05. The molecule has 2 heterocycles. The second-order valence-corrected chi connectivity index (χ2v) is 9.76. The Kier molecular flexibility index (Phi) is 7.45. The van der Waals surface area contributed by atoms with Crippen LogP contribution in [0.4, 0.5) is 9.39 Å². The molecule has 1 amide bonds. The summed E-state index contributed by atoms with van der Waals surface area (Å²) in [6, 6.07) is 4.48. The van der Waals surface area contributed by atoms with Gasteiger partial charge in [-0.1, -0.05) is 17.7 Å². The molecule has 1 aliphatic carbocycles. The van der Waals surface area contributed by atoms with Gasteiger partial charge in [-0.15, -0.1) is 11.3 Å². The number of aryl methyl sites for hydroxylation is 1. The van der Waals surface area contributed by atoms with E-state index in [-0.39, 0.29) is 24.2 Å². The highest BCUT2D eigenvalue weighted by Gasteiger charge is 2.27. The van der Waals surface area contributed by atoms with Crippen molar-refractivity contribution in [1.29, 1.82) is 0 Å². The van der Waals surface area contributed by atoms with Crippen LogP contribution in [0, 0.1) is 5.82 Å². The number of piperazine rings is 1. The van der Waals surface area contributed by atoms with Crippen LogP contribution in [0.5, 0.6) is 0 Å². The number of carbonyl (C=O) groups excluding carboxylic acids is 2. The minimum absolute atomic E-state index is 0.122. The highest BCUT2D eigenvalue weighted by atomic mass is 35.5. The predicted octanol–water partition coefficient (Wildman–Crippen LogP) is 3.96. The number of carbonyl (C=O) groups is 2. The first kappa shape index (κ1) is 23.2. The van der Waals surface area contributed by atoms with Crippen LogP contribution in [-0.2, 0) is 28.9 Å². The van der Waals surface area contributed by atoms with Crippen LogP contribution in [0.15, 0.2) is 18.2 Å². The minimum atomic E-state index is -0.382. The van der Waals surface area contributed by atoms with E-state index in [1.807, 2.05) is 0 Å². The number of rotatable bonds is 6. The maximum absolute atomic E-state index is 13.2. The largest absolute Gasteiger partial charge is 0.465 e. The Balaban J connectivity index is 1.32. The van der Waals surface area contributed by atoms with E-state index in [4.69, 9.17) is 16.3 Å². The van der Waals surface area contributed by atoms with Gasteiger partial charge in [-0.2, -0.15) is 0 Å². The molecule has 1 aromatic heterocycles. The van der Waals surface area contributed by atoms with E-state index < -0.39 is 0 Å². The number of hydrogen-bond donors (Lipinski definition) is 1. The summed E-state index contributed by atoms with van der Waals surface area (Å²) in [5.74, 6) is -0.840. The highest BCUT2D eigenvalue weighted by Crippen LogP contribution is 2.38. The van der Waals surface area contributed by atoms with Crippen LogP contribution in [-0.4, -0.2) is 61.5 Å². The van der Waals surface area contributed by atoms with Crippen LogP contribution in [0.25, 0.3) is 0 Å². The number of amides is 1. The lowest BCUT2D eigenvalue weighted by Crippen LogP contribution is -2.48. The van der Waals surface area contributed by atoms with Gasteiger partial charge in [0, 0.05) is 42.6 Å². The summed E-state index contributed by atoms with van der Waals surface area (Å²) >= 11 is 7.65. The number of anilines is 1. The van der Waals surface area contributed by atoms with Gasteiger partial charge in [0.1, 0.15) is 10.8 Å².